The van der Waals surface area contributed by atoms with E-state index in [0.717, 1.165) is 33.8 Å². The minimum atomic E-state index is 0.719. The molecule has 0 aliphatic heterocycles. The van der Waals surface area contributed by atoms with Crippen LogP contribution in [0.1, 0.15) is 0 Å². The molecule has 160 valence electrons. The van der Waals surface area contributed by atoms with Gasteiger partial charge in [-0.2, -0.15) is 0 Å². The quantitative estimate of drug-likeness (QED) is 0.285. The van der Waals surface area contributed by atoms with E-state index in [1.165, 1.54) is 21.9 Å². The third-order valence-electron chi connectivity index (χ3n) is 6.09. The van der Waals surface area contributed by atoms with Crippen molar-refractivity contribution in [1.29, 1.82) is 0 Å². The smallest absolute Gasteiger partial charge is 0.159 e. The number of aromatic nitrogens is 3. The van der Waals surface area contributed by atoms with E-state index >= 15 is 0 Å². The number of rotatable bonds is 4. The lowest BCUT2D eigenvalue weighted by Crippen LogP contribution is -1.92. The molecule has 0 saturated carbocycles. The van der Waals surface area contributed by atoms with Gasteiger partial charge in [0, 0.05) is 29.7 Å². The summed E-state index contributed by atoms with van der Waals surface area (Å²) in [4.78, 5) is 13.5. The summed E-state index contributed by atoms with van der Waals surface area (Å²) in [7, 11) is 0. The fraction of sp³-hybridized carbons (Fsp3) is 0. The second kappa shape index (κ2) is 8.72. The van der Waals surface area contributed by atoms with Crippen molar-refractivity contribution in [1.82, 2.24) is 15.0 Å². The Hall–Kier alpha value is -4.63. The zero-order valence-electron chi connectivity index (χ0n) is 18.5. The Labute approximate surface area is 198 Å². The first-order chi connectivity index (χ1) is 16.8. The maximum atomic E-state index is 4.85. The van der Waals surface area contributed by atoms with E-state index in [-0.39, 0.29) is 0 Å². The van der Waals surface area contributed by atoms with Crippen LogP contribution in [0.4, 0.5) is 0 Å². The molecule has 0 unspecified atom stereocenters. The van der Waals surface area contributed by atoms with Crippen LogP contribution >= 0.6 is 0 Å². The highest BCUT2D eigenvalue weighted by Crippen LogP contribution is 2.30. The Morgan fingerprint density at radius 3 is 1.91 bits per heavy atom. The molecule has 0 atom stereocenters. The Kier molecular flexibility index (Phi) is 5.13. The zero-order valence-corrected chi connectivity index (χ0v) is 18.5. The Bertz CT molecular complexity index is 1570. The molecule has 6 aromatic rings. The van der Waals surface area contributed by atoms with Gasteiger partial charge >= 0.3 is 0 Å². The molecule has 0 bridgehead atoms. The molecule has 0 amide bonds. The summed E-state index contributed by atoms with van der Waals surface area (Å²) in [5, 5.41) is 2.51. The first-order valence-electron chi connectivity index (χ1n) is 11.3. The maximum absolute atomic E-state index is 4.85. The van der Waals surface area contributed by atoms with Gasteiger partial charge in [0.15, 0.2) is 5.82 Å². The van der Waals surface area contributed by atoms with Gasteiger partial charge in [-0.05, 0) is 51.2 Å². The van der Waals surface area contributed by atoms with Crippen molar-refractivity contribution in [3.63, 3.8) is 0 Å². The average Bonchev–Trinajstić information content (AvgIpc) is 2.93. The molecule has 3 heteroatoms. The summed E-state index contributed by atoms with van der Waals surface area (Å²) in [6, 6.07) is 37.9. The van der Waals surface area contributed by atoms with Crippen LogP contribution in [-0.4, -0.2) is 15.0 Å². The molecule has 2 aromatic heterocycles. The summed E-state index contributed by atoms with van der Waals surface area (Å²) in [5.41, 5.74) is 7.69. The Morgan fingerprint density at radius 2 is 1.09 bits per heavy atom. The molecular weight excluding hydrogens is 414 g/mol. The second-order valence-corrected chi connectivity index (χ2v) is 8.18. The summed E-state index contributed by atoms with van der Waals surface area (Å²) >= 11 is 0. The van der Waals surface area contributed by atoms with Crippen molar-refractivity contribution < 1.29 is 0 Å². The van der Waals surface area contributed by atoms with Gasteiger partial charge < -0.3 is 0 Å². The number of nitrogens with zero attached hydrogens (tertiary/aromatic N) is 3. The molecule has 0 aliphatic rings. The predicted molar refractivity (Wildman–Crippen MR) is 139 cm³/mol. The van der Waals surface area contributed by atoms with E-state index in [1.54, 1.807) is 12.4 Å². The van der Waals surface area contributed by atoms with Crippen LogP contribution < -0.4 is 0 Å². The van der Waals surface area contributed by atoms with Crippen molar-refractivity contribution in [3.8, 4) is 44.9 Å². The molecule has 0 spiro atoms. The fourth-order valence-electron chi connectivity index (χ4n) is 4.31. The van der Waals surface area contributed by atoms with Gasteiger partial charge in [0.1, 0.15) is 0 Å². The monoisotopic (exact) mass is 435 g/mol. The van der Waals surface area contributed by atoms with Gasteiger partial charge in [0.25, 0.3) is 0 Å². The van der Waals surface area contributed by atoms with Gasteiger partial charge in [-0.3, -0.25) is 4.98 Å². The lowest BCUT2D eigenvalue weighted by molar-refractivity contribution is 1.18. The number of hydrogen-bond acceptors (Lipinski definition) is 3. The predicted octanol–water partition coefficient (Wildman–Crippen LogP) is 7.69. The van der Waals surface area contributed by atoms with Gasteiger partial charge in [-0.15, -0.1) is 0 Å². The highest BCUT2D eigenvalue weighted by atomic mass is 14.9. The van der Waals surface area contributed by atoms with Crippen molar-refractivity contribution in [3.05, 3.63) is 128 Å². The van der Waals surface area contributed by atoms with E-state index in [1.807, 2.05) is 24.4 Å². The molecule has 0 fully saturated rings. The normalized spacial score (nSPS) is 10.9. The highest BCUT2D eigenvalue weighted by molar-refractivity contribution is 5.96. The van der Waals surface area contributed by atoms with Crippen molar-refractivity contribution in [2.45, 2.75) is 0 Å². The lowest BCUT2D eigenvalue weighted by atomic mass is 9.97. The topological polar surface area (TPSA) is 38.7 Å². The summed E-state index contributed by atoms with van der Waals surface area (Å²) in [5.74, 6) is 0.719. The van der Waals surface area contributed by atoms with Crippen molar-refractivity contribution >= 4 is 10.8 Å². The molecule has 0 saturated heterocycles. The molecule has 0 radical (unpaired) electrons. The van der Waals surface area contributed by atoms with Gasteiger partial charge in [-0.1, -0.05) is 91.0 Å². The van der Waals surface area contributed by atoms with Crippen LogP contribution in [0, 0.1) is 0 Å². The largest absolute Gasteiger partial charge is 0.265 e. The molecule has 3 nitrogen and oxygen atoms in total. The standard InChI is InChI=1S/C31H21N3/c1-2-6-28-24(4-1)5-3-7-29(28)25-10-12-26(13-11-25)30-18-21-33-31(34-30)27-14-8-22(9-15-27)23-16-19-32-20-17-23/h1-21H. The number of benzene rings is 4. The van der Waals surface area contributed by atoms with Gasteiger partial charge in [-0.25, -0.2) is 9.97 Å². The zero-order chi connectivity index (χ0) is 22.7. The molecule has 2 heterocycles. The van der Waals surface area contributed by atoms with Crippen molar-refractivity contribution in [2.24, 2.45) is 0 Å². The Morgan fingerprint density at radius 1 is 0.441 bits per heavy atom. The van der Waals surface area contributed by atoms with E-state index in [9.17, 15) is 0 Å². The molecule has 0 N–H and O–H groups in total. The number of fused-ring (bicyclic) bond motifs is 1. The van der Waals surface area contributed by atoms with E-state index in [2.05, 4.69) is 101 Å². The van der Waals surface area contributed by atoms with E-state index < -0.39 is 0 Å². The third-order valence-corrected chi connectivity index (χ3v) is 6.09. The first-order valence-corrected chi connectivity index (χ1v) is 11.3. The van der Waals surface area contributed by atoms with Gasteiger partial charge in [0.05, 0.1) is 5.69 Å². The summed E-state index contributed by atoms with van der Waals surface area (Å²) < 4.78 is 0. The SMILES string of the molecule is c1ccc2c(-c3ccc(-c4ccnc(-c5ccc(-c6ccncc6)cc5)n4)cc3)cccc2c1. The second-order valence-electron chi connectivity index (χ2n) is 8.18. The summed E-state index contributed by atoms with van der Waals surface area (Å²) in [6.07, 6.45) is 5.44. The van der Waals surface area contributed by atoms with Crippen molar-refractivity contribution in [2.75, 3.05) is 0 Å². The van der Waals surface area contributed by atoms with E-state index in [4.69, 9.17) is 4.98 Å². The molecule has 34 heavy (non-hydrogen) atoms. The maximum Gasteiger partial charge on any atom is 0.159 e. The molecular formula is C31H21N3. The molecule has 6 rings (SSSR count). The van der Waals surface area contributed by atoms with Gasteiger partial charge in [0.2, 0.25) is 0 Å². The molecule has 0 aliphatic carbocycles. The first kappa shape index (κ1) is 20.0. The van der Waals surface area contributed by atoms with Crippen LogP contribution in [0.15, 0.2) is 128 Å². The van der Waals surface area contributed by atoms with E-state index in [0.29, 0.717) is 0 Å². The van der Waals surface area contributed by atoms with Crippen LogP contribution in [0.25, 0.3) is 55.7 Å². The summed E-state index contributed by atoms with van der Waals surface area (Å²) in [6.45, 7) is 0. The molecule has 4 aromatic carbocycles. The van der Waals surface area contributed by atoms with Crippen LogP contribution in [0.3, 0.4) is 0 Å². The Balaban J connectivity index is 1.30. The fourth-order valence-corrected chi connectivity index (χ4v) is 4.31. The van der Waals surface area contributed by atoms with Crippen LogP contribution in [0.2, 0.25) is 0 Å². The van der Waals surface area contributed by atoms with Crippen LogP contribution in [0.5, 0.6) is 0 Å². The minimum absolute atomic E-state index is 0.719. The third kappa shape index (κ3) is 3.84. The highest BCUT2D eigenvalue weighted by Gasteiger charge is 2.08. The average molecular weight is 436 g/mol. The number of hydrogen-bond donors (Lipinski definition) is 0. The van der Waals surface area contributed by atoms with Crippen LogP contribution in [-0.2, 0) is 0 Å². The lowest BCUT2D eigenvalue weighted by Gasteiger charge is -2.09. The number of pyridine rings is 1. The minimum Gasteiger partial charge on any atom is -0.265 e.